The maximum Gasteiger partial charge on any atom is 0.338 e. The summed E-state index contributed by atoms with van der Waals surface area (Å²) in [6.07, 6.45) is 4.04. The first-order valence-corrected chi connectivity index (χ1v) is 9.99. The number of nitrogens with zero attached hydrogens (tertiary/aromatic N) is 1. The van der Waals surface area contributed by atoms with Gasteiger partial charge in [0.2, 0.25) is 0 Å². The molecule has 0 unspecified atom stereocenters. The van der Waals surface area contributed by atoms with E-state index in [4.69, 9.17) is 9.47 Å². The van der Waals surface area contributed by atoms with Crippen molar-refractivity contribution in [1.82, 2.24) is 0 Å². The van der Waals surface area contributed by atoms with Gasteiger partial charge in [-0.25, -0.2) is 9.69 Å². The van der Waals surface area contributed by atoms with Crippen molar-refractivity contribution in [3.63, 3.8) is 0 Å². The van der Waals surface area contributed by atoms with E-state index >= 15 is 0 Å². The third kappa shape index (κ3) is 4.47. The van der Waals surface area contributed by atoms with E-state index < -0.39 is 17.8 Å². The standard InChI is InChI=1S/C23H25NO5/c1-3-5-6-7-14-29-23(27)16-8-13-19-20(15-16)22(26)24(21(19)25)17-9-11-18(12-10-17)28-4-2/h8-13,15H,3-7,14H2,1-2H3. The number of fused-ring (bicyclic) bond motifs is 1. The van der Waals surface area contributed by atoms with Crippen LogP contribution >= 0.6 is 0 Å². The van der Waals surface area contributed by atoms with Gasteiger partial charge in [0.05, 0.1) is 35.6 Å². The van der Waals surface area contributed by atoms with Crippen molar-refractivity contribution in [2.24, 2.45) is 0 Å². The van der Waals surface area contributed by atoms with E-state index in [0.29, 0.717) is 24.7 Å². The van der Waals surface area contributed by atoms with Crippen LogP contribution in [0.1, 0.15) is 70.6 Å². The second-order valence-corrected chi connectivity index (χ2v) is 6.83. The van der Waals surface area contributed by atoms with Crippen molar-refractivity contribution >= 4 is 23.5 Å². The summed E-state index contributed by atoms with van der Waals surface area (Å²) in [5.74, 6) is -0.679. The molecule has 0 radical (unpaired) electrons. The molecule has 1 heterocycles. The molecule has 6 heteroatoms. The van der Waals surface area contributed by atoms with E-state index in [1.54, 1.807) is 24.3 Å². The van der Waals surface area contributed by atoms with Crippen molar-refractivity contribution < 1.29 is 23.9 Å². The molecule has 0 aromatic heterocycles. The van der Waals surface area contributed by atoms with Gasteiger partial charge in [0, 0.05) is 0 Å². The molecule has 0 N–H and O–H groups in total. The highest BCUT2D eigenvalue weighted by Gasteiger charge is 2.37. The van der Waals surface area contributed by atoms with E-state index in [1.165, 1.54) is 18.2 Å². The molecule has 0 aliphatic carbocycles. The monoisotopic (exact) mass is 395 g/mol. The number of esters is 1. The van der Waals surface area contributed by atoms with Crippen molar-refractivity contribution in [3.8, 4) is 5.75 Å². The van der Waals surface area contributed by atoms with Crippen LogP contribution in [0.3, 0.4) is 0 Å². The second kappa shape index (κ2) is 9.37. The average molecular weight is 395 g/mol. The first-order chi connectivity index (χ1) is 14.1. The van der Waals surface area contributed by atoms with Gasteiger partial charge in [-0.15, -0.1) is 0 Å². The fraction of sp³-hybridized carbons (Fsp3) is 0.348. The lowest BCUT2D eigenvalue weighted by Gasteiger charge is -2.14. The highest BCUT2D eigenvalue weighted by molar-refractivity contribution is 6.34. The summed E-state index contributed by atoms with van der Waals surface area (Å²) in [4.78, 5) is 39.0. The van der Waals surface area contributed by atoms with E-state index in [-0.39, 0.29) is 16.7 Å². The number of hydrogen-bond acceptors (Lipinski definition) is 5. The second-order valence-electron chi connectivity index (χ2n) is 6.83. The minimum atomic E-state index is -0.482. The van der Waals surface area contributed by atoms with Gasteiger partial charge in [-0.2, -0.15) is 0 Å². The topological polar surface area (TPSA) is 72.9 Å². The molecule has 29 heavy (non-hydrogen) atoms. The Hall–Kier alpha value is -3.15. The van der Waals surface area contributed by atoms with Crippen molar-refractivity contribution in [2.45, 2.75) is 39.5 Å². The molecular formula is C23H25NO5. The Kier molecular flexibility index (Phi) is 6.65. The number of anilines is 1. The van der Waals surface area contributed by atoms with Crippen molar-refractivity contribution in [3.05, 3.63) is 59.2 Å². The Labute approximate surface area is 170 Å². The predicted octanol–water partition coefficient (Wildman–Crippen LogP) is 4.62. The van der Waals surface area contributed by atoms with Crippen LogP contribution in [-0.4, -0.2) is 31.0 Å². The van der Waals surface area contributed by atoms with E-state index in [0.717, 1.165) is 30.6 Å². The molecule has 1 aliphatic heterocycles. The Balaban J connectivity index is 1.73. The predicted molar refractivity (Wildman–Crippen MR) is 110 cm³/mol. The molecule has 2 amide bonds. The highest BCUT2D eigenvalue weighted by Crippen LogP contribution is 2.30. The van der Waals surface area contributed by atoms with Crippen LogP contribution in [0.5, 0.6) is 5.75 Å². The molecule has 0 bridgehead atoms. The van der Waals surface area contributed by atoms with Crippen LogP contribution in [0.15, 0.2) is 42.5 Å². The van der Waals surface area contributed by atoms with Crippen LogP contribution in [-0.2, 0) is 4.74 Å². The number of amides is 2. The van der Waals surface area contributed by atoms with Crippen LogP contribution < -0.4 is 9.64 Å². The number of rotatable bonds is 9. The summed E-state index contributed by atoms with van der Waals surface area (Å²) in [5.41, 5.74) is 1.22. The Bertz CT molecular complexity index is 904. The number of unbranched alkanes of at least 4 members (excludes halogenated alkanes) is 3. The molecule has 6 nitrogen and oxygen atoms in total. The molecule has 0 spiro atoms. The fourth-order valence-corrected chi connectivity index (χ4v) is 3.24. The smallest absolute Gasteiger partial charge is 0.338 e. The Morgan fingerprint density at radius 2 is 1.62 bits per heavy atom. The molecule has 3 rings (SSSR count). The van der Waals surface area contributed by atoms with Crippen LogP contribution in [0.2, 0.25) is 0 Å². The lowest BCUT2D eigenvalue weighted by atomic mass is 10.1. The van der Waals surface area contributed by atoms with Crippen LogP contribution in [0.25, 0.3) is 0 Å². The van der Waals surface area contributed by atoms with Gasteiger partial charge in [0.25, 0.3) is 11.8 Å². The third-order valence-electron chi connectivity index (χ3n) is 4.76. The number of imide groups is 1. The van der Waals surface area contributed by atoms with Crippen LogP contribution in [0, 0.1) is 0 Å². The zero-order valence-corrected chi connectivity index (χ0v) is 16.8. The van der Waals surface area contributed by atoms with Gasteiger partial charge >= 0.3 is 5.97 Å². The summed E-state index contributed by atoms with van der Waals surface area (Å²) in [5, 5.41) is 0. The van der Waals surface area contributed by atoms with E-state index in [1.807, 2.05) is 6.92 Å². The summed E-state index contributed by atoms with van der Waals surface area (Å²) >= 11 is 0. The molecule has 0 atom stereocenters. The largest absolute Gasteiger partial charge is 0.494 e. The molecule has 0 saturated carbocycles. The van der Waals surface area contributed by atoms with E-state index in [2.05, 4.69) is 6.92 Å². The van der Waals surface area contributed by atoms with Gasteiger partial charge in [0.15, 0.2) is 0 Å². The first-order valence-electron chi connectivity index (χ1n) is 9.99. The van der Waals surface area contributed by atoms with E-state index in [9.17, 15) is 14.4 Å². The van der Waals surface area contributed by atoms with Crippen molar-refractivity contribution in [1.29, 1.82) is 0 Å². The van der Waals surface area contributed by atoms with Gasteiger partial charge in [-0.05, 0) is 55.8 Å². The van der Waals surface area contributed by atoms with Gasteiger partial charge in [-0.1, -0.05) is 26.2 Å². The number of carbonyl (C=O) groups excluding carboxylic acids is 3. The maximum absolute atomic E-state index is 12.8. The highest BCUT2D eigenvalue weighted by atomic mass is 16.5. The van der Waals surface area contributed by atoms with Crippen molar-refractivity contribution in [2.75, 3.05) is 18.1 Å². The van der Waals surface area contributed by atoms with Gasteiger partial charge in [0.1, 0.15) is 5.75 Å². The molecule has 0 saturated heterocycles. The molecule has 1 aliphatic rings. The normalized spacial score (nSPS) is 12.8. The summed E-state index contributed by atoms with van der Waals surface area (Å²) in [6, 6.07) is 11.2. The zero-order chi connectivity index (χ0) is 20.8. The summed E-state index contributed by atoms with van der Waals surface area (Å²) < 4.78 is 10.7. The molecule has 0 fully saturated rings. The SMILES string of the molecule is CCCCCCOC(=O)c1ccc2c(c1)C(=O)N(c1ccc(OCC)cc1)C2=O. The van der Waals surface area contributed by atoms with Gasteiger partial charge in [-0.3, -0.25) is 9.59 Å². The number of benzene rings is 2. The van der Waals surface area contributed by atoms with Gasteiger partial charge < -0.3 is 9.47 Å². The first kappa shape index (κ1) is 20.6. The lowest BCUT2D eigenvalue weighted by molar-refractivity contribution is 0.0497. The fourth-order valence-electron chi connectivity index (χ4n) is 3.24. The minimum Gasteiger partial charge on any atom is -0.494 e. The third-order valence-corrected chi connectivity index (χ3v) is 4.76. The summed E-state index contributed by atoms with van der Waals surface area (Å²) in [7, 11) is 0. The zero-order valence-electron chi connectivity index (χ0n) is 16.8. The summed E-state index contributed by atoms with van der Waals surface area (Å²) in [6.45, 7) is 4.88. The molecule has 2 aromatic rings. The number of carbonyl (C=O) groups is 3. The number of ether oxygens (including phenoxy) is 2. The quantitative estimate of drug-likeness (QED) is 0.352. The Morgan fingerprint density at radius 1 is 0.897 bits per heavy atom. The lowest BCUT2D eigenvalue weighted by Crippen LogP contribution is -2.29. The maximum atomic E-state index is 12.8. The van der Waals surface area contributed by atoms with Crippen LogP contribution in [0.4, 0.5) is 5.69 Å². The molecule has 2 aromatic carbocycles. The molecule has 152 valence electrons. The average Bonchev–Trinajstić information content (AvgIpc) is 2.98. The Morgan fingerprint density at radius 3 is 2.31 bits per heavy atom. The molecular weight excluding hydrogens is 370 g/mol. The minimum absolute atomic E-state index is 0.212. The number of hydrogen-bond donors (Lipinski definition) is 0.